The van der Waals surface area contributed by atoms with Crippen molar-refractivity contribution in [3.63, 3.8) is 0 Å². The van der Waals surface area contributed by atoms with Gasteiger partial charge in [-0.1, -0.05) is 25.3 Å². The van der Waals surface area contributed by atoms with Crippen molar-refractivity contribution in [2.24, 2.45) is 10.9 Å². The van der Waals surface area contributed by atoms with Gasteiger partial charge in [-0.25, -0.2) is 9.98 Å². The number of anilines is 1. The number of pyridine rings is 1. The number of aromatic nitrogens is 1. The molecule has 1 aliphatic heterocycles. The Labute approximate surface area is 198 Å². The normalized spacial score (nSPS) is 19.9. The van der Waals surface area contributed by atoms with Crippen LogP contribution in [0.4, 0.5) is 5.82 Å². The fourth-order valence-electron chi connectivity index (χ4n) is 4.32. The zero-order chi connectivity index (χ0) is 20.6. The SMILES string of the molecule is CCNC(=NCc1cccnc1N(C)C)NC1CCN(C(=O)C2CCCCC2)C1.I. The number of hydrogen-bond donors (Lipinski definition) is 2. The van der Waals surface area contributed by atoms with Crippen LogP contribution in [-0.4, -0.2) is 61.5 Å². The quantitative estimate of drug-likeness (QED) is 0.338. The third-order valence-corrected chi connectivity index (χ3v) is 5.84. The van der Waals surface area contributed by atoms with Crippen molar-refractivity contribution in [1.82, 2.24) is 20.5 Å². The van der Waals surface area contributed by atoms with Gasteiger partial charge in [0, 0.05) is 57.4 Å². The van der Waals surface area contributed by atoms with Gasteiger partial charge in [0.2, 0.25) is 5.91 Å². The molecule has 0 bridgehead atoms. The van der Waals surface area contributed by atoms with E-state index in [1.165, 1.54) is 19.3 Å². The lowest BCUT2D eigenvalue weighted by Gasteiger charge is -2.26. The molecule has 0 radical (unpaired) electrons. The predicted octanol–water partition coefficient (Wildman–Crippen LogP) is 3.00. The molecule has 1 aromatic rings. The number of aliphatic imine (C=N–C) groups is 1. The monoisotopic (exact) mass is 528 g/mol. The van der Waals surface area contributed by atoms with Crippen LogP contribution >= 0.6 is 24.0 Å². The van der Waals surface area contributed by atoms with Crippen molar-refractivity contribution < 1.29 is 4.79 Å². The van der Waals surface area contributed by atoms with Crippen LogP contribution in [0.3, 0.4) is 0 Å². The minimum absolute atomic E-state index is 0. The largest absolute Gasteiger partial charge is 0.362 e. The molecule has 1 unspecified atom stereocenters. The maximum absolute atomic E-state index is 12.8. The molecule has 30 heavy (non-hydrogen) atoms. The molecule has 1 amide bonds. The lowest BCUT2D eigenvalue weighted by atomic mass is 9.88. The molecule has 2 fully saturated rings. The van der Waals surface area contributed by atoms with Gasteiger partial charge in [0.25, 0.3) is 0 Å². The lowest BCUT2D eigenvalue weighted by Crippen LogP contribution is -2.45. The topological polar surface area (TPSA) is 72.9 Å². The minimum atomic E-state index is 0. The number of nitrogens with one attached hydrogen (secondary N) is 2. The number of amides is 1. The Kier molecular flexibility index (Phi) is 10.1. The molecule has 1 saturated carbocycles. The predicted molar refractivity (Wildman–Crippen MR) is 133 cm³/mol. The average Bonchev–Trinajstić information content (AvgIpc) is 3.21. The first-order valence-electron chi connectivity index (χ1n) is 11.0. The number of carbonyl (C=O) groups excluding carboxylic acids is 1. The fourth-order valence-corrected chi connectivity index (χ4v) is 4.32. The highest BCUT2D eigenvalue weighted by molar-refractivity contribution is 14.0. The Morgan fingerprint density at radius 3 is 2.73 bits per heavy atom. The maximum atomic E-state index is 12.8. The number of hydrogen-bond acceptors (Lipinski definition) is 4. The van der Waals surface area contributed by atoms with Crippen molar-refractivity contribution in [3.8, 4) is 0 Å². The Bertz CT molecular complexity index is 705. The molecule has 2 heterocycles. The van der Waals surface area contributed by atoms with E-state index in [2.05, 4.69) is 33.5 Å². The highest BCUT2D eigenvalue weighted by Crippen LogP contribution is 2.26. The van der Waals surface area contributed by atoms with Gasteiger partial charge < -0.3 is 20.4 Å². The molecule has 0 aromatic carbocycles. The van der Waals surface area contributed by atoms with E-state index in [0.717, 1.165) is 56.2 Å². The molecular weight excluding hydrogens is 491 g/mol. The van der Waals surface area contributed by atoms with E-state index in [0.29, 0.717) is 12.5 Å². The van der Waals surface area contributed by atoms with Crippen molar-refractivity contribution in [2.75, 3.05) is 38.6 Å². The standard InChI is InChI=1S/C22H36N6O.HI/c1-4-23-22(25-15-18-11-8-13-24-20(18)27(2)3)26-19-12-14-28(16-19)21(29)17-9-6-5-7-10-17;/h8,11,13,17,19H,4-7,9-10,12,14-16H2,1-3H3,(H2,23,25,26);1H. The van der Waals surface area contributed by atoms with Crippen molar-refractivity contribution in [2.45, 2.75) is 58.0 Å². The second kappa shape index (κ2) is 12.3. The highest BCUT2D eigenvalue weighted by atomic mass is 127. The van der Waals surface area contributed by atoms with Crippen molar-refractivity contribution >= 4 is 41.7 Å². The number of carbonyl (C=O) groups is 1. The molecule has 168 valence electrons. The van der Waals surface area contributed by atoms with E-state index < -0.39 is 0 Å². The highest BCUT2D eigenvalue weighted by Gasteiger charge is 2.31. The molecule has 1 aliphatic carbocycles. The number of rotatable bonds is 6. The van der Waals surface area contributed by atoms with E-state index in [4.69, 9.17) is 4.99 Å². The molecule has 1 atom stereocenters. The Balaban J connectivity index is 0.00000320. The molecule has 8 heteroatoms. The molecule has 0 spiro atoms. The van der Waals surface area contributed by atoms with Gasteiger partial charge in [0.1, 0.15) is 5.82 Å². The third kappa shape index (κ3) is 6.72. The van der Waals surface area contributed by atoms with Crippen LogP contribution in [0.25, 0.3) is 0 Å². The van der Waals surface area contributed by atoms with Gasteiger partial charge in [-0.3, -0.25) is 4.79 Å². The van der Waals surface area contributed by atoms with Gasteiger partial charge >= 0.3 is 0 Å². The van der Waals surface area contributed by atoms with Gasteiger partial charge in [0.05, 0.1) is 6.54 Å². The van der Waals surface area contributed by atoms with Crippen LogP contribution in [0.2, 0.25) is 0 Å². The second-order valence-corrected chi connectivity index (χ2v) is 8.32. The summed E-state index contributed by atoms with van der Waals surface area (Å²) in [5, 5.41) is 6.87. The van der Waals surface area contributed by atoms with Gasteiger partial charge in [0.15, 0.2) is 5.96 Å². The summed E-state index contributed by atoms with van der Waals surface area (Å²) in [6, 6.07) is 4.27. The summed E-state index contributed by atoms with van der Waals surface area (Å²) in [4.78, 5) is 26.1. The molecule has 2 N–H and O–H groups in total. The summed E-state index contributed by atoms with van der Waals surface area (Å²) < 4.78 is 0. The van der Waals surface area contributed by atoms with Crippen LogP contribution < -0.4 is 15.5 Å². The van der Waals surface area contributed by atoms with Crippen LogP contribution in [0.1, 0.15) is 51.0 Å². The summed E-state index contributed by atoms with van der Waals surface area (Å²) in [6.07, 6.45) is 8.59. The van der Waals surface area contributed by atoms with Gasteiger partial charge in [-0.2, -0.15) is 0 Å². The number of nitrogens with zero attached hydrogens (tertiary/aromatic N) is 4. The van der Waals surface area contributed by atoms with E-state index in [-0.39, 0.29) is 35.9 Å². The first-order chi connectivity index (χ1) is 14.1. The van der Waals surface area contributed by atoms with Crippen LogP contribution in [0, 0.1) is 5.92 Å². The van der Waals surface area contributed by atoms with Crippen molar-refractivity contribution in [1.29, 1.82) is 0 Å². The Hall–Kier alpha value is -1.58. The summed E-state index contributed by atoms with van der Waals surface area (Å²) in [7, 11) is 3.99. The third-order valence-electron chi connectivity index (χ3n) is 5.84. The average molecular weight is 528 g/mol. The Morgan fingerprint density at radius 2 is 2.03 bits per heavy atom. The fraction of sp³-hybridized carbons (Fsp3) is 0.682. The summed E-state index contributed by atoms with van der Waals surface area (Å²) in [5.74, 6) is 2.36. The summed E-state index contributed by atoms with van der Waals surface area (Å²) >= 11 is 0. The van der Waals surface area contributed by atoms with Crippen molar-refractivity contribution in [3.05, 3.63) is 23.9 Å². The molecule has 1 saturated heterocycles. The second-order valence-electron chi connectivity index (χ2n) is 8.32. The van der Waals surface area contributed by atoms with Gasteiger partial charge in [-0.05, 0) is 32.3 Å². The van der Waals surface area contributed by atoms with E-state index >= 15 is 0 Å². The number of guanidine groups is 1. The van der Waals surface area contributed by atoms with E-state index in [1.54, 1.807) is 0 Å². The number of halogens is 1. The first kappa shape index (κ1) is 24.7. The first-order valence-corrected chi connectivity index (χ1v) is 11.0. The smallest absolute Gasteiger partial charge is 0.225 e. The lowest BCUT2D eigenvalue weighted by molar-refractivity contribution is -0.135. The summed E-state index contributed by atoms with van der Waals surface area (Å²) in [5.41, 5.74) is 1.09. The zero-order valence-electron chi connectivity index (χ0n) is 18.6. The zero-order valence-corrected chi connectivity index (χ0v) is 20.9. The molecule has 1 aromatic heterocycles. The van der Waals surface area contributed by atoms with Crippen LogP contribution in [0.15, 0.2) is 23.3 Å². The van der Waals surface area contributed by atoms with E-state index in [9.17, 15) is 4.79 Å². The van der Waals surface area contributed by atoms with Crippen LogP contribution in [0.5, 0.6) is 0 Å². The van der Waals surface area contributed by atoms with E-state index in [1.807, 2.05) is 31.3 Å². The van der Waals surface area contributed by atoms with Gasteiger partial charge in [-0.15, -0.1) is 24.0 Å². The summed E-state index contributed by atoms with van der Waals surface area (Å²) in [6.45, 7) is 5.06. The molecule has 7 nitrogen and oxygen atoms in total. The Morgan fingerprint density at radius 1 is 1.27 bits per heavy atom. The number of likely N-dealkylation sites (tertiary alicyclic amines) is 1. The maximum Gasteiger partial charge on any atom is 0.225 e. The minimum Gasteiger partial charge on any atom is -0.362 e. The molecule has 3 rings (SSSR count). The molecule has 2 aliphatic rings. The molecular formula is C22H37IN6O. The van der Waals surface area contributed by atoms with Crippen LogP contribution in [-0.2, 0) is 11.3 Å².